The largest absolute Gasteiger partial charge is 0.497 e. The number of ether oxygens (including phenoxy) is 1. The zero-order valence-electron chi connectivity index (χ0n) is 10.2. The third-order valence-electron chi connectivity index (χ3n) is 2.35. The average molecular weight is 466 g/mol. The number of hydrogen-bond donors (Lipinski definition) is 1. The Morgan fingerprint density at radius 2 is 2.05 bits per heavy atom. The van der Waals surface area contributed by atoms with E-state index < -0.39 is 0 Å². The summed E-state index contributed by atoms with van der Waals surface area (Å²) in [5, 5.41) is 2.68. The molecule has 2 aromatic rings. The van der Waals surface area contributed by atoms with Crippen LogP contribution in [0.5, 0.6) is 5.75 Å². The number of methoxy groups -OCH3 is 1. The lowest BCUT2D eigenvalue weighted by Crippen LogP contribution is -2.14. The number of nitrogens with one attached hydrogen (secondary N) is 1. The van der Waals surface area contributed by atoms with E-state index >= 15 is 0 Å². The summed E-state index contributed by atoms with van der Waals surface area (Å²) >= 11 is 9.77. The quantitative estimate of drug-likeness (QED) is 0.743. The van der Waals surface area contributed by atoms with Crippen molar-refractivity contribution >= 4 is 59.5 Å². The van der Waals surface area contributed by atoms with Gasteiger partial charge in [-0.1, -0.05) is 0 Å². The molecular weight excluding hydrogens is 458 g/mol. The van der Waals surface area contributed by atoms with Crippen molar-refractivity contribution < 1.29 is 9.53 Å². The molecule has 0 spiro atoms. The number of halogens is 3. The van der Waals surface area contributed by atoms with Crippen LogP contribution < -0.4 is 10.1 Å². The van der Waals surface area contributed by atoms with Gasteiger partial charge in [-0.2, -0.15) is 0 Å². The molecule has 1 aromatic heterocycles. The SMILES string of the molecule is COc1ccc(Br)c(C(=O)Nc2ncc(Br)nc2Br)c1. The number of carbonyl (C=O) groups excluding carboxylic acids is 1. The highest BCUT2D eigenvalue weighted by Gasteiger charge is 2.14. The van der Waals surface area contributed by atoms with E-state index in [2.05, 4.69) is 63.1 Å². The molecule has 1 amide bonds. The third kappa shape index (κ3) is 3.56. The van der Waals surface area contributed by atoms with Crippen molar-refractivity contribution in [3.05, 3.63) is 43.6 Å². The second-order valence-electron chi connectivity index (χ2n) is 3.63. The van der Waals surface area contributed by atoms with E-state index in [1.807, 2.05) is 0 Å². The number of rotatable bonds is 3. The highest BCUT2D eigenvalue weighted by Crippen LogP contribution is 2.25. The Labute approximate surface area is 140 Å². The lowest BCUT2D eigenvalue weighted by atomic mass is 10.2. The van der Waals surface area contributed by atoms with Crippen LogP contribution in [0.15, 0.2) is 38.1 Å². The predicted octanol–water partition coefficient (Wildman–Crippen LogP) is 4.03. The molecule has 1 aromatic carbocycles. The Hall–Kier alpha value is -0.990. The summed E-state index contributed by atoms with van der Waals surface area (Å²) < 4.78 is 6.79. The van der Waals surface area contributed by atoms with Crippen molar-refractivity contribution in [3.63, 3.8) is 0 Å². The topological polar surface area (TPSA) is 64.1 Å². The lowest BCUT2D eigenvalue weighted by Gasteiger charge is -2.09. The molecule has 0 unspecified atom stereocenters. The first kappa shape index (κ1) is 15.4. The minimum atomic E-state index is -0.312. The molecule has 0 aliphatic heterocycles. The molecule has 0 aliphatic carbocycles. The molecule has 0 saturated heterocycles. The van der Waals surface area contributed by atoms with Gasteiger partial charge in [0.05, 0.1) is 18.9 Å². The standard InChI is InChI=1S/C12H8Br3N3O2/c1-20-6-2-3-8(13)7(4-6)12(19)18-11-10(15)17-9(14)5-16-11/h2-5H,1H3,(H,16,18,19). The van der Waals surface area contributed by atoms with Gasteiger partial charge >= 0.3 is 0 Å². The summed E-state index contributed by atoms with van der Waals surface area (Å²) in [6.45, 7) is 0. The minimum Gasteiger partial charge on any atom is -0.497 e. The van der Waals surface area contributed by atoms with Crippen molar-refractivity contribution in [2.24, 2.45) is 0 Å². The van der Waals surface area contributed by atoms with Gasteiger partial charge < -0.3 is 10.1 Å². The number of benzene rings is 1. The molecule has 5 nitrogen and oxygen atoms in total. The van der Waals surface area contributed by atoms with Gasteiger partial charge in [0.25, 0.3) is 5.91 Å². The molecule has 0 fully saturated rings. The van der Waals surface area contributed by atoms with Crippen LogP contribution in [0.4, 0.5) is 5.82 Å². The molecule has 0 bridgehead atoms. The Morgan fingerprint density at radius 1 is 1.30 bits per heavy atom. The molecule has 1 heterocycles. The molecule has 104 valence electrons. The van der Waals surface area contributed by atoms with E-state index in [4.69, 9.17) is 4.74 Å². The molecular formula is C12H8Br3N3O2. The van der Waals surface area contributed by atoms with Gasteiger partial charge in [0, 0.05) is 4.47 Å². The van der Waals surface area contributed by atoms with Crippen LogP contribution in [0.1, 0.15) is 10.4 Å². The Morgan fingerprint density at radius 3 is 2.70 bits per heavy atom. The molecule has 20 heavy (non-hydrogen) atoms. The number of aromatic nitrogens is 2. The van der Waals surface area contributed by atoms with E-state index in [1.54, 1.807) is 25.3 Å². The number of carbonyl (C=O) groups is 1. The second kappa shape index (κ2) is 6.64. The number of hydrogen-bond acceptors (Lipinski definition) is 4. The monoisotopic (exact) mass is 463 g/mol. The fraction of sp³-hybridized carbons (Fsp3) is 0.0833. The fourth-order valence-corrected chi connectivity index (χ4v) is 2.75. The van der Waals surface area contributed by atoms with E-state index in [9.17, 15) is 4.79 Å². The highest BCUT2D eigenvalue weighted by atomic mass is 79.9. The van der Waals surface area contributed by atoms with Gasteiger partial charge in [-0.15, -0.1) is 0 Å². The second-order valence-corrected chi connectivity index (χ2v) is 6.05. The molecule has 2 rings (SSSR count). The van der Waals surface area contributed by atoms with Crippen molar-refractivity contribution in [1.82, 2.24) is 9.97 Å². The summed E-state index contributed by atoms with van der Waals surface area (Å²) in [6.07, 6.45) is 1.50. The van der Waals surface area contributed by atoms with Crippen LogP contribution >= 0.6 is 47.8 Å². The Bertz CT molecular complexity index is 664. The molecule has 0 atom stereocenters. The van der Waals surface area contributed by atoms with Crippen molar-refractivity contribution in [2.75, 3.05) is 12.4 Å². The van der Waals surface area contributed by atoms with E-state index in [-0.39, 0.29) is 5.91 Å². The van der Waals surface area contributed by atoms with Crippen LogP contribution in [-0.2, 0) is 0 Å². The number of nitrogens with zero attached hydrogens (tertiary/aromatic N) is 2. The summed E-state index contributed by atoms with van der Waals surface area (Å²) in [6, 6.07) is 5.14. The molecule has 8 heteroatoms. The minimum absolute atomic E-state index is 0.312. The molecule has 1 N–H and O–H groups in total. The zero-order valence-corrected chi connectivity index (χ0v) is 14.9. The fourth-order valence-electron chi connectivity index (χ4n) is 1.41. The number of amides is 1. The van der Waals surface area contributed by atoms with Crippen molar-refractivity contribution in [2.45, 2.75) is 0 Å². The van der Waals surface area contributed by atoms with Crippen molar-refractivity contribution in [3.8, 4) is 5.75 Å². The van der Waals surface area contributed by atoms with Crippen LogP contribution in [0.3, 0.4) is 0 Å². The Kier molecular flexibility index (Phi) is 5.11. The Balaban J connectivity index is 2.28. The molecule has 0 aliphatic rings. The van der Waals surface area contributed by atoms with Gasteiger partial charge in [0.2, 0.25) is 0 Å². The summed E-state index contributed by atoms with van der Waals surface area (Å²) in [5.41, 5.74) is 0.445. The maximum atomic E-state index is 12.2. The summed E-state index contributed by atoms with van der Waals surface area (Å²) in [7, 11) is 1.54. The highest BCUT2D eigenvalue weighted by molar-refractivity contribution is 9.11. The normalized spacial score (nSPS) is 10.2. The van der Waals surface area contributed by atoms with Gasteiger partial charge in [-0.3, -0.25) is 4.79 Å². The van der Waals surface area contributed by atoms with E-state index in [0.29, 0.717) is 30.8 Å². The first-order valence-electron chi connectivity index (χ1n) is 5.34. The van der Waals surface area contributed by atoms with Gasteiger partial charge in [-0.05, 0) is 66.0 Å². The number of anilines is 1. The average Bonchev–Trinajstić information content (AvgIpc) is 2.42. The maximum Gasteiger partial charge on any atom is 0.258 e. The first-order chi connectivity index (χ1) is 9.51. The van der Waals surface area contributed by atoms with Gasteiger partial charge in [0.15, 0.2) is 5.82 Å². The predicted molar refractivity (Wildman–Crippen MR) is 86.1 cm³/mol. The molecule has 0 saturated carbocycles. The van der Waals surface area contributed by atoms with Crippen LogP contribution in [0.25, 0.3) is 0 Å². The van der Waals surface area contributed by atoms with Gasteiger partial charge in [-0.25, -0.2) is 9.97 Å². The van der Waals surface area contributed by atoms with Gasteiger partial charge in [0.1, 0.15) is 15.0 Å². The van der Waals surface area contributed by atoms with Crippen LogP contribution in [-0.4, -0.2) is 23.0 Å². The summed E-state index contributed by atoms with van der Waals surface area (Å²) in [5.74, 6) is 0.625. The smallest absolute Gasteiger partial charge is 0.258 e. The molecule has 0 radical (unpaired) electrons. The maximum absolute atomic E-state index is 12.2. The van der Waals surface area contributed by atoms with Crippen LogP contribution in [0, 0.1) is 0 Å². The first-order valence-corrected chi connectivity index (χ1v) is 7.72. The zero-order chi connectivity index (χ0) is 14.7. The van der Waals surface area contributed by atoms with Crippen LogP contribution in [0.2, 0.25) is 0 Å². The van der Waals surface area contributed by atoms with E-state index in [0.717, 1.165) is 0 Å². The third-order valence-corrected chi connectivity index (χ3v) is 3.98. The van der Waals surface area contributed by atoms with E-state index in [1.165, 1.54) is 6.20 Å². The van der Waals surface area contributed by atoms with Crippen molar-refractivity contribution in [1.29, 1.82) is 0 Å². The lowest BCUT2D eigenvalue weighted by molar-refractivity contribution is 0.102. The summed E-state index contributed by atoms with van der Waals surface area (Å²) in [4.78, 5) is 20.4.